The molecule has 1 saturated carbocycles. The molecule has 1 aliphatic heterocycles. The molecule has 9 heteroatoms. The Balaban J connectivity index is 2.14. The lowest BCUT2D eigenvalue weighted by Crippen LogP contribution is -2.58. The summed E-state index contributed by atoms with van der Waals surface area (Å²) in [6, 6.07) is 4.81. The molecule has 0 aromatic heterocycles. The highest BCUT2D eigenvalue weighted by Gasteiger charge is 2.50. The van der Waals surface area contributed by atoms with Gasteiger partial charge in [0.05, 0.1) is 21.5 Å². The fourth-order valence-corrected chi connectivity index (χ4v) is 6.61. The molecule has 3 rings (SSSR count). The number of aliphatic imine (C=N–C) groups is 1. The van der Waals surface area contributed by atoms with E-state index < -0.39 is 37.5 Å². The number of hydrogen-bond donors (Lipinski definition) is 1. The number of ether oxygens (including phenoxy) is 1. The first-order valence-corrected chi connectivity index (χ1v) is 12.7. The molecule has 1 aromatic carbocycles. The second-order valence-electron chi connectivity index (χ2n) is 9.62. The van der Waals surface area contributed by atoms with Crippen LogP contribution in [0, 0.1) is 9.39 Å². The van der Waals surface area contributed by atoms with Gasteiger partial charge in [0.25, 0.3) is 0 Å². The SMILES string of the molecule is CC(C)(C)OC(=O)NC1=N[C@](C)(c2cc(I)ccc2F)CS(=O)(=NC2CC2)C1(C)C. The van der Waals surface area contributed by atoms with Crippen molar-refractivity contribution >= 4 is 44.2 Å². The number of benzene rings is 1. The van der Waals surface area contributed by atoms with Gasteiger partial charge < -0.3 is 4.74 Å². The van der Waals surface area contributed by atoms with Crippen molar-refractivity contribution < 1.29 is 18.1 Å². The van der Waals surface area contributed by atoms with Crippen LogP contribution in [-0.2, 0) is 20.0 Å². The Morgan fingerprint density at radius 3 is 2.53 bits per heavy atom. The van der Waals surface area contributed by atoms with Crippen LogP contribution < -0.4 is 5.32 Å². The van der Waals surface area contributed by atoms with Gasteiger partial charge in [0.2, 0.25) is 0 Å². The average molecular weight is 549 g/mol. The minimum absolute atomic E-state index is 0.0441. The predicted molar refractivity (Wildman–Crippen MR) is 126 cm³/mol. The number of carbonyl (C=O) groups is 1. The second-order valence-corrected chi connectivity index (χ2v) is 13.7. The van der Waals surface area contributed by atoms with Gasteiger partial charge in [0.15, 0.2) is 0 Å². The highest BCUT2D eigenvalue weighted by molar-refractivity contribution is 14.1. The van der Waals surface area contributed by atoms with Crippen molar-refractivity contribution in [3.8, 4) is 0 Å². The number of halogens is 2. The molecule has 1 fully saturated rings. The zero-order valence-corrected chi connectivity index (χ0v) is 21.2. The highest BCUT2D eigenvalue weighted by Crippen LogP contribution is 2.41. The van der Waals surface area contributed by atoms with E-state index in [0.29, 0.717) is 5.56 Å². The largest absolute Gasteiger partial charge is 0.444 e. The molecule has 166 valence electrons. The maximum absolute atomic E-state index is 14.8. The van der Waals surface area contributed by atoms with Gasteiger partial charge in [-0.05, 0) is 95.2 Å². The Kier molecular flexibility index (Phi) is 6.03. The normalized spacial score (nSPS) is 28.5. The van der Waals surface area contributed by atoms with Gasteiger partial charge in [-0.15, -0.1) is 0 Å². The van der Waals surface area contributed by atoms with Gasteiger partial charge in [0, 0.05) is 9.13 Å². The van der Waals surface area contributed by atoms with Gasteiger partial charge in [-0.25, -0.2) is 17.8 Å². The van der Waals surface area contributed by atoms with Crippen LogP contribution in [0.3, 0.4) is 0 Å². The second kappa shape index (κ2) is 7.72. The first-order valence-electron chi connectivity index (χ1n) is 9.95. The van der Waals surface area contributed by atoms with E-state index in [2.05, 4.69) is 32.3 Å². The topological polar surface area (TPSA) is 80.1 Å². The molecule has 1 aliphatic carbocycles. The summed E-state index contributed by atoms with van der Waals surface area (Å²) in [4.78, 5) is 17.3. The van der Waals surface area contributed by atoms with Gasteiger partial charge in [-0.1, -0.05) is 0 Å². The van der Waals surface area contributed by atoms with E-state index in [4.69, 9.17) is 9.73 Å². The van der Waals surface area contributed by atoms with Crippen molar-refractivity contribution in [2.24, 2.45) is 9.36 Å². The number of carbonyl (C=O) groups excluding carboxylic acids is 1. The van der Waals surface area contributed by atoms with Crippen molar-refractivity contribution in [3.05, 3.63) is 33.1 Å². The van der Waals surface area contributed by atoms with Crippen LogP contribution in [0.2, 0.25) is 0 Å². The summed E-state index contributed by atoms with van der Waals surface area (Å²) in [6.07, 6.45) is 1.11. The number of nitrogens with one attached hydrogen (secondary N) is 1. The van der Waals surface area contributed by atoms with Crippen LogP contribution in [0.5, 0.6) is 0 Å². The summed E-state index contributed by atoms with van der Waals surface area (Å²) in [7, 11) is -2.87. The van der Waals surface area contributed by atoms with Crippen LogP contribution in [0.15, 0.2) is 27.6 Å². The third-order valence-electron chi connectivity index (χ3n) is 5.20. The van der Waals surface area contributed by atoms with E-state index in [1.807, 2.05) is 0 Å². The lowest BCUT2D eigenvalue weighted by Gasteiger charge is -2.42. The summed E-state index contributed by atoms with van der Waals surface area (Å²) in [6.45, 7) is 10.6. The van der Waals surface area contributed by atoms with E-state index in [0.717, 1.165) is 16.4 Å². The standard InChI is InChI=1S/C21H29FIN3O3S/c1-19(2,3)29-18(27)24-17-20(4,5)30(28,26-14-8-9-14)12-21(6,25-17)15-11-13(23)7-10-16(15)22/h7,10-11,14H,8-9,12H2,1-6H3,(H,24,25,27)/t21-,30?/m0/s1. The Bertz CT molecular complexity index is 1020. The minimum atomic E-state index is -2.87. The number of rotatable bonds is 2. The van der Waals surface area contributed by atoms with Gasteiger partial charge in [0.1, 0.15) is 27.5 Å². The van der Waals surface area contributed by atoms with Crippen LogP contribution in [0.25, 0.3) is 0 Å². The highest BCUT2D eigenvalue weighted by atomic mass is 127. The van der Waals surface area contributed by atoms with Crippen molar-refractivity contribution in [2.75, 3.05) is 5.75 Å². The van der Waals surface area contributed by atoms with Crippen molar-refractivity contribution in [1.82, 2.24) is 5.32 Å². The van der Waals surface area contributed by atoms with E-state index in [1.165, 1.54) is 6.07 Å². The Morgan fingerprint density at radius 2 is 1.97 bits per heavy atom. The molecule has 2 aliphatic rings. The van der Waals surface area contributed by atoms with Crippen molar-refractivity contribution in [2.45, 2.75) is 76.3 Å². The number of amidine groups is 1. The summed E-state index contributed by atoms with van der Waals surface area (Å²) < 4.78 is 38.9. The van der Waals surface area contributed by atoms with Gasteiger partial charge in [-0.3, -0.25) is 10.3 Å². The molecule has 30 heavy (non-hydrogen) atoms. The number of alkyl carbamates (subject to hydrolysis) is 1. The lowest BCUT2D eigenvalue weighted by atomic mass is 9.93. The maximum atomic E-state index is 14.8. The lowest BCUT2D eigenvalue weighted by molar-refractivity contribution is 0.0560. The smallest absolute Gasteiger partial charge is 0.413 e. The molecule has 2 atom stereocenters. The number of nitrogens with zero attached hydrogens (tertiary/aromatic N) is 2. The first kappa shape index (κ1) is 23.4. The number of amides is 1. The van der Waals surface area contributed by atoms with Crippen LogP contribution in [0.1, 0.15) is 59.9 Å². The maximum Gasteiger partial charge on any atom is 0.413 e. The summed E-state index contributed by atoms with van der Waals surface area (Å²) in [5.41, 5.74) is -1.50. The van der Waals surface area contributed by atoms with Crippen molar-refractivity contribution in [1.29, 1.82) is 0 Å². The Labute approximate surface area is 191 Å². The van der Waals surface area contributed by atoms with E-state index in [1.54, 1.807) is 53.7 Å². The van der Waals surface area contributed by atoms with Crippen LogP contribution >= 0.6 is 22.6 Å². The van der Waals surface area contributed by atoms with E-state index in [-0.39, 0.29) is 17.6 Å². The zero-order valence-electron chi connectivity index (χ0n) is 18.2. The molecule has 0 bridgehead atoms. The monoisotopic (exact) mass is 549 g/mol. The summed E-state index contributed by atoms with van der Waals surface area (Å²) >= 11 is 2.11. The molecular formula is C21H29FIN3O3S. The van der Waals surface area contributed by atoms with Gasteiger partial charge >= 0.3 is 6.09 Å². The fraction of sp³-hybridized carbons (Fsp3) is 0.619. The molecule has 1 unspecified atom stereocenters. The molecule has 0 saturated heterocycles. The first-order chi connectivity index (χ1) is 13.7. The predicted octanol–water partition coefficient (Wildman–Crippen LogP) is 4.99. The van der Waals surface area contributed by atoms with E-state index in [9.17, 15) is 13.4 Å². The summed E-state index contributed by atoms with van der Waals surface area (Å²) in [5, 5.41) is 2.70. The summed E-state index contributed by atoms with van der Waals surface area (Å²) in [5.74, 6) is -0.135. The molecule has 1 heterocycles. The molecule has 0 spiro atoms. The molecular weight excluding hydrogens is 520 g/mol. The molecule has 6 nitrogen and oxygen atoms in total. The molecule has 1 amide bonds. The Hall–Kier alpha value is -1.23. The third-order valence-corrected chi connectivity index (χ3v) is 9.25. The minimum Gasteiger partial charge on any atom is -0.444 e. The molecule has 1 aromatic rings. The Morgan fingerprint density at radius 1 is 1.33 bits per heavy atom. The van der Waals surface area contributed by atoms with Crippen LogP contribution in [-0.4, -0.2) is 38.3 Å². The van der Waals surface area contributed by atoms with Crippen LogP contribution in [0.4, 0.5) is 9.18 Å². The number of hydrogen-bond acceptors (Lipinski definition) is 5. The average Bonchev–Trinajstić information content (AvgIpc) is 3.37. The quantitative estimate of drug-likeness (QED) is 0.528. The fourth-order valence-electron chi connectivity index (χ4n) is 3.34. The zero-order chi connectivity index (χ0) is 22.5. The molecule has 0 radical (unpaired) electrons. The molecule has 1 N–H and O–H groups in total. The van der Waals surface area contributed by atoms with Crippen molar-refractivity contribution in [3.63, 3.8) is 0 Å². The van der Waals surface area contributed by atoms with E-state index >= 15 is 0 Å². The van der Waals surface area contributed by atoms with Gasteiger partial charge in [-0.2, -0.15) is 0 Å². The third kappa shape index (κ3) is 4.81.